The van der Waals surface area contributed by atoms with E-state index in [2.05, 4.69) is 10.3 Å². The van der Waals surface area contributed by atoms with Crippen LogP contribution in [0.3, 0.4) is 0 Å². The number of carbonyl (C=O) groups excluding carboxylic acids is 2. The van der Waals surface area contributed by atoms with Crippen molar-refractivity contribution in [3.8, 4) is 17.6 Å². The number of hydrogen-bond acceptors (Lipinski definition) is 7. The summed E-state index contributed by atoms with van der Waals surface area (Å²) in [6, 6.07) is 15.6. The number of amides is 2. The first-order valence-electron chi connectivity index (χ1n) is 9.42. The van der Waals surface area contributed by atoms with E-state index >= 15 is 0 Å². The van der Waals surface area contributed by atoms with Gasteiger partial charge in [0.25, 0.3) is 5.91 Å². The summed E-state index contributed by atoms with van der Waals surface area (Å²) in [6.45, 7) is 1.43. The van der Waals surface area contributed by atoms with Crippen LogP contribution in [0.2, 0.25) is 0 Å². The van der Waals surface area contributed by atoms with Crippen LogP contribution in [-0.2, 0) is 9.59 Å². The summed E-state index contributed by atoms with van der Waals surface area (Å²) in [5.41, 5.74) is 1.43. The number of ether oxygens (including phenoxy) is 2. The Kier molecular flexibility index (Phi) is 7.21. The SMILES string of the molecule is COc1ccc(NC(=O)/C(C#N)=C/c2csc(N(C(C)=O)c3ccc(OC)cc3)n2)cc1. The van der Waals surface area contributed by atoms with Gasteiger partial charge in [-0.3, -0.25) is 14.5 Å². The van der Waals surface area contributed by atoms with Crippen LogP contribution >= 0.6 is 11.3 Å². The first kappa shape index (κ1) is 22.5. The number of benzene rings is 2. The van der Waals surface area contributed by atoms with Crippen molar-refractivity contribution < 1.29 is 19.1 Å². The average molecular weight is 449 g/mol. The van der Waals surface area contributed by atoms with Gasteiger partial charge in [-0.1, -0.05) is 0 Å². The summed E-state index contributed by atoms with van der Waals surface area (Å²) < 4.78 is 10.2. The first-order valence-corrected chi connectivity index (χ1v) is 10.3. The zero-order valence-electron chi connectivity index (χ0n) is 17.7. The average Bonchev–Trinajstić information content (AvgIpc) is 3.26. The van der Waals surface area contributed by atoms with Crippen molar-refractivity contribution in [3.05, 3.63) is 65.2 Å². The van der Waals surface area contributed by atoms with Crippen LogP contribution in [0.25, 0.3) is 6.08 Å². The highest BCUT2D eigenvalue weighted by molar-refractivity contribution is 7.14. The number of methoxy groups -OCH3 is 2. The number of aromatic nitrogens is 1. The lowest BCUT2D eigenvalue weighted by Gasteiger charge is -2.18. The second-order valence-corrected chi connectivity index (χ2v) is 7.30. The molecule has 0 aliphatic carbocycles. The van der Waals surface area contributed by atoms with E-state index in [9.17, 15) is 14.9 Å². The van der Waals surface area contributed by atoms with Gasteiger partial charge in [-0.05, 0) is 54.6 Å². The maximum atomic E-state index is 12.5. The smallest absolute Gasteiger partial charge is 0.266 e. The van der Waals surface area contributed by atoms with Crippen molar-refractivity contribution in [2.24, 2.45) is 0 Å². The normalized spacial score (nSPS) is 10.8. The van der Waals surface area contributed by atoms with E-state index in [0.29, 0.717) is 33.7 Å². The Bertz CT molecular complexity index is 1180. The second kappa shape index (κ2) is 10.2. The Labute approximate surface area is 189 Å². The molecule has 162 valence electrons. The van der Waals surface area contributed by atoms with Crippen LogP contribution in [0.4, 0.5) is 16.5 Å². The number of nitrogens with one attached hydrogen (secondary N) is 1. The molecule has 0 atom stereocenters. The van der Waals surface area contributed by atoms with Gasteiger partial charge < -0.3 is 14.8 Å². The number of thiazole rings is 1. The molecule has 0 radical (unpaired) electrons. The van der Waals surface area contributed by atoms with E-state index in [1.807, 2.05) is 6.07 Å². The monoisotopic (exact) mass is 448 g/mol. The maximum absolute atomic E-state index is 12.5. The number of carbonyl (C=O) groups is 2. The van der Waals surface area contributed by atoms with Gasteiger partial charge in [-0.25, -0.2) is 4.98 Å². The van der Waals surface area contributed by atoms with Crippen molar-refractivity contribution in [1.29, 1.82) is 5.26 Å². The zero-order chi connectivity index (χ0) is 23.1. The topological polar surface area (TPSA) is 105 Å². The Morgan fingerprint density at radius 2 is 1.66 bits per heavy atom. The third-order valence-corrected chi connectivity index (χ3v) is 5.20. The lowest BCUT2D eigenvalue weighted by Crippen LogP contribution is -2.22. The van der Waals surface area contributed by atoms with Gasteiger partial charge in [-0.15, -0.1) is 11.3 Å². The van der Waals surface area contributed by atoms with E-state index in [1.54, 1.807) is 68.1 Å². The molecule has 0 unspecified atom stereocenters. The molecule has 8 nitrogen and oxygen atoms in total. The Morgan fingerprint density at radius 1 is 1.06 bits per heavy atom. The van der Waals surface area contributed by atoms with Gasteiger partial charge in [0.2, 0.25) is 5.91 Å². The van der Waals surface area contributed by atoms with E-state index in [4.69, 9.17) is 9.47 Å². The minimum absolute atomic E-state index is 0.114. The van der Waals surface area contributed by atoms with Crippen LogP contribution in [0.5, 0.6) is 11.5 Å². The molecular formula is C23H20N4O4S. The molecule has 32 heavy (non-hydrogen) atoms. The van der Waals surface area contributed by atoms with Crippen molar-refractivity contribution in [2.45, 2.75) is 6.92 Å². The van der Waals surface area contributed by atoms with Crippen LogP contribution in [0, 0.1) is 11.3 Å². The molecule has 3 aromatic rings. The summed E-state index contributed by atoms with van der Waals surface area (Å²) in [4.78, 5) is 30.6. The maximum Gasteiger partial charge on any atom is 0.266 e. The lowest BCUT2D eigenvalue weighted by molar-refractivity contribution is -0.116. The summed E-state index contributed by atoms with van der Waals surface area (Å²) in [7, 11) is 3.11. The standard InChI is InChI=1S/C23H20N4O4S/c1-15(28)27(19-6-10-21(31-3)11-7-19)23-26-18(14-32-23)12-16(13-24)22(29)25-17-4-8-20(30-2)9-5-17/h4-12,14H,1-3H3,(H,25,29)/b16-12+. The third kappa shape index (κ3) is 5.30. The largest absolute Gasteiger partial charge is 0.497 e. The van der Waals surface area contributed by atoms with E-state index < -0.39 is 5.91 Å². The van der Waals surface area contributed by atoms with E-state index in [1.165, 1.54) is 29.2 Å². The molecule has 1 aromatic heterocycles. The fraction of sp³-hybridized carbons (Fsp3) is 0.130. The van der Waals surface area contributed by atoms with Crippen LogP contribution in [0.1, 0.15) is 12.6 Å². The number of anilines is 3. The van der Waals surface area contributed by atoms with Crippen LogP contribution in [-0.4, -0.2) is 31.0 Å². The number of nitrogens with zero attached hydrogens (tertiary/aromatic N) is 3. The summed E-state index contributed by atoms with van der Waals surface area (Å²) in [5, 5.41) is 14.2. The highest BCUT2D eigenvalue weighted by Crippen LogP contribution is 2.30. The highest BCUT2D eigenvalue weighted by Gasteiger charge is 2.18. The molecule has 0 saturated heterocycles. The molecule has 2 aromatic carbocycles. The summed E-state index contributed by atoms with van der Waals surface area (Å²) in [5.74, 6) is 0.533. The number of nitriles is 1. The molecule has 2 amide bonds. The lowest BCUT2D eigenvalue weighted by atomic mass is 10.2. The van der Waals surface area contributed by atoms with Gasteiger partial charge in [0.1, 0.15) is 23.1 Å². The summed E-state index contributed by atoms with van der Waals surface area (Å²) >= 11 is 1.23. The minimum atomic E-state index is -0.564. The molecule has 0 aliphatic heterocycles. The van der Waals surface area contributed by atoms with Crippen LogP contribution in [0.15, 0.2) is 59.5 Å². The van der Waals surface area contributed by atoms with Gasteiger partial charge >= 0.3 is 0 Å². The number of rotatable bonds is 7. The Hall–Kier alpha value is -4.16. The Balaban J connectivity index is 1.81. The van der Waals surface area contributed by atoms with Gasteiger partial charge in [0, 0.05) is 18.0 Å². The number of hydrogen-bond donors (Lipinski definition) is 1. The molecule has 1 heterocycles. The Morgan fingerprint density at radius 3 is 2.19 bits per heavy atom. The van der Waals surface area contributed by atoms with Crippen LogP contribution < -0.4 is 19.7 Å². The van der Waals surface area contributed by atoms with Crippen molar-refractivity contribution in [3.63, 3.8) is 0 Å². The van der Waals surface area contributed by atoms with Crippen molar-refractivity contribution >= 4 is 45.7 Å². The molecule has 0 spiro atoms. The molecular weight excluding hydrogens is 428 g/mol. The minimum Gasteiger partial charge on any atom is -0.497 e. The van der Waals surface area contributed by atoms with Crippen molar-refractivity contribution in [2.75, 3.05) is 24.4 Å². The fourth-order valence-corrected chi connectivity index (χ4v) is 3.62. The molecule has 0 fully saturated rings. The highest BCUT2D eigenvalue weighted by atomic mass is 32.1. The molecule has 3 rings (SSSR count). The summed E-state index contributed by atoms with van der Waals surface area (Å²) in [6.07, 6.45) is 1.38. The second-order valence-electron chi connectivity index (χ2n) is 6.46. The fourth-order valence-electron chi connectivity index (χ4n) is 2.77. The van der Waals surface area contributed by atoms with Gasteiger partial charge in [0.15, 0.2) is 5.13 Å². The zero-order valence-corrected chi connectivity index (χ0v) is 18.5. The molecule has 1 N–H and O–H groups in total. The van der Waals surface area contributed by atoms with Gasteiger partial charge in [-0.2, -0.15) is 5.26 Å². The van der Waals surface area contributed by atoms with Gasteiger partial charge in [0.05, 0.1) is 25.6 Å². The van der Waals surface area contributed by atoms with Crippen molar-refractivity contribution in [1.82, 2.24) is 4.98 Å². The quantitative estimate of drug-likeness (QED) is 0.425. The molecule has 0 bridgehead atoms. The predicted octanol–water partition coefficient (Wildman–Crippen LogP) is 4.39. The predicted molar refractivity (Wildman–Crippen MR) is 123 cm³/mol. The first-order chi connectivity index (χ1) is 15.4. The molecule has 9 heteroatoms. The third-order valence-electron chi connectivity index (χ3n) is 4.35. The molecule has 0 saturated carbocycles. The van der Waals surface area contributed by atoms with E-state index in [0.717, 1.165) is 0 Å². The van der Waals surface area contributed by atoms with E-state index in [-0.39, 0.29) is 11.5 Å². The molecule has 0 aliphatic rings.